The Bertz CT molecular complexity index is 412. The Morgan fingerprint density at radius 2 is 2.00 bits per heavy atom. The zero-order valence-corrected chi connectivity index (χ0v) is 13.3. The molecule has 1 aromatic rings. The predicted molar refractivity (Wildman–Crippen MR) is 85.1 cm³/mol. The van der Waals surface area contributed by atoms with Gasteiger partial charge in [-0.15, -0.1) is 0 Å². The van der Waals surface area contributed by atoms with Crippen molar-refractivity contribution in [1.29, 1.82) is 0 Å². The summed E-state index contributed by atoms with van der Waals surface area (Å²) in [4.78, 5) is 7.26. The number of aromatic nitrogens is 1. The fourth-order valence-electron chi connectivity index (χ4n) is 2.65. The molecule has 2 atom stereocenters. The highest BCUT2D eigenvalue weighted by molar-refractivity contribution is 8.00. The molecule has 4 heteroatoms. The monoisotopic (exact) mass is 279 g/mol. The Kier molecular flexibility index (Phi) is 5.11. The van der Waals surface area contributed by atoms with Crippen LogP contribution in [0.5, 0.6) is 0 Å². The molecule has 0 aliphatic carbocycles. The lowest BCUT2D eigenvalue weighted by Crippen LogP contribution is -2.41. The van der Waals surface area contributed by atoms with Crippen LogP contribution in [0.25, 0.3) is 0 Å². The summed E-state index contributed by atoms with van der Waals surface area (Å²) in [6, 6.07) is 4.46. The first-order valence-electron chi connectivity index (χ1n) is 7.17. The van der Waals surface area contributed by atoms with Gasteiger partial charge in [-0.2, -0.15) is 11.8 Å². The summed E-state index contributed by atoms with van der Waals surface area (Å²) in [6.45, 7) is 9.92. The lowest BCUT2D eigenvalue weighted by atomic mass is 10.2. The maximum atomic E-state index is 4.82. The smallest absolute Gasteiger partial charge is 0.129 e. The number of hydrogen-bond acceptors (Lipinski definition) is 4. The van der Waals surface area contributed by atoms with E-state index >= 15 is 0 Å². The van der Waals surface area contributed by atoms with Crippen molar-refractivity contribution in [3.05, 3.63) is 23.4 Å². The number of hydrogen-bond donors (Lipinski definition) is 1. The van der Waals surface area contributed by atoms with Crippen molar-refractivity contribution in [2.75, 3.05) is 25.0 Å². The van der Waals surface area contributed by atoms with Gasteiger partial charge in [-0.1, -0.05) is 20.8 Å². The van der Waals surface area contributed by atoms with Crippen molar-refractivity contribution in [3.63, 3.8) is 0 Å². The molecule has 19 heavy (non-hydrogen) atoms. The average molecular weight is 279 g/mol. The fourth-order valence-corrected chi connectivity index (χ4v) is 3.97. The van der Waals surface area contributed by atoms with Gasteiger partial charge < -0.3 is 10.2 Å². The molecule has 0 bridgehead atoms. The second-order valence-electron chi connectivity index (χ2n) is 5.37. The molecule has 0 radical (unpaired) electrons. The highest BCUT2D eigenvalue weighted by Gasteiger charge is 2.23. The van der Waals surface area contributed by atoms with Gasteiger partial charge in [-0.25, -0.2) is 4.98 Å². The molecule has 2 heterocycles. The molecule has 2 rings (SSSR count). The van der Waals surface area contributed by atoms with Crippen molar-refractivity contribution in [1.82, 2.24) is 10.3 Å². The van der Waals surface area contributed by atoms with Crippen LogP contribution in [0.1, 0.15) is 32.0 Å². The number of nitrogens with zero attached hydrogens (tertiary/aromatic N) is 2. The van der Waals surface area contributed by atoms with Crippen LogP contribution in [-0.2, 0) is 13.0 Å². The van der Waals surface area contributed by atoms with Crippen molar-refractivity contribution < 1.29 is 0 Å². The highest BCUT2D eigenvalue weighted by atomic mass is 32.2. The number of nitrogens with one attached hydrogen (secondary N) is 1. The van der Waals surface area contributed by atoms with Crippen molar-refractivity contribution in [2.24, 2.45) is 0 Å². The number of aryl methyl sites for hydroxylation is 1. The minimum Gasteiger partial charge on any atom is -0.354 e. The molecule has 0 aromatic carbocycles. The summed E-state index contributed by atoms with van der Waals surface area (Å²) in [5.74, 6) is 1.16. The summed E-state index contributed by atoms with van der Waals surface area (Å²) >= 11 is 2.08. The number of anilines is 1. The minimum atomic E-state index is 0.684. The summed E-state index contributed by atoms with van der Waals surface area (Å²) in [6.07, 6.45) is 0.998. The van der Waals surface area contributed by atoms with Gasteiger partial charge in [0, 0.05) is 35.8 Å². The summed E-state index contributed by atoms with van der Waals surface area (Å²) in [5.41, 5.74) is 2.53. The molecule has 1 aliphatic rings. The second kappa shape index (κ2) is 6.62. The zero-order valence-electron chi connectivity index (χ0n) is 12.4. The first-order chi connectivity index (χ1) is 9.12. The van der Waals surface area contributed by atoms with E-state index < -0.39 is 0 Å². The van der Waals surface area contributed by atoms with Gasteiger partial charge in [0.15, 0.2) is 0 Å². The first-order valence-corrected chi connectivity index (χ1v) is 8.11. The largest absolute Gasteiger partial charge is 0.354 e. The second-order valence-corrected chi connectivity index (χ2v) is 7.25. The van der Waals surface area contributed by atoms with Crippen molar-refractivity contribution >= 4 is 17.6 Å². The Labute approximate surface area is 121 Å². The molecule has 0 saturated carbocycles. The Hall–Kier alpha value is -0.740. The van der Waals surface area contributed by atoms with E-state index in [9.17, 15) is 0 Å². The topological polar surface area (TPSA) is 28.2 Å². The minimum absolute atomic E-state index is 0.684. The molecule has 1 N–H and O–H groups in total. The normalized spacial score (nSPS) is 23.7. The standard InChI is InChI=1S/C15H25N3S/c1-5-14-6-13(8-16-4)7-15(17-14)18-9-11(2)19-12(3)10-18/h6-7,11-12,16H,5,8-10H2,1-4H3. The molecule has 3 nitrogen and oxygen atoms in total. The summed E-state index contributed by atoms with van der Waals surface area (Å²) in [5, 5.41) is 4.60. The van der Waals surface area contributed by atoms with Crippen molar-refractivity contribution in [3.8, 4) is 0 Å². The molecule has 1 aliphatic heterocycles. The molecular formula is C15H25N3S. The van der Waals surface area contributed by atoms with Gasteiger partial charge in [0.25, 0.3) is 0 Å². The Morgan fingerprint density at radius 1 is 1.32 bits per heavy atom. The number of rotatable bonds is 4. The third-order valence-electron chi connectivity index (χ3n) is 3.41. The lowest BCUT2D eigenvalue weighted by molar-refractivity contribution is 0.713. The van der Waals surface area contributed by atoms with Gasteiger partial charge in [-0.3, -0.25) is 0 Å². The molecule has 0 amide bonds. The summed E-state index contributed by atoms with van der Waals surface area (Å²) < 4.78 is 0. The van der Waals surface area contributed by atoms with Gasteiger partial charge in [0.05, 0.1) is 0 Å². The third kappa shape index (κ3) is 3.86. The lowest BCUT2D eigenvalue weighted by Gasteiger charge is -2.35. The zero-order chi connectivity index (χ0) is 13.8. The molecule has 106 valence electrons. The van der Waals surface area contributed by atoms with Crippen LogP contribution < -0.4 is 10.2 Å². The van der Waals surface area contributed by atoms with E-state index in [0.29, 0.717) is 10.5 Å². The molecule has 1 fully saturated rings. The van der Waals surface area contributed by atoms with Crippen LogP contribution in [-0.4, -0.2) is 35.6 Å². The number of thioether (sulfide) groups is 1. The van der Waals surface area contributed by atoms with Crippen LogP contribution in [0.3, 0.4) is 0 Å². The van der Waals surface area contributed by atoms with Crippen LogP contribution in [0.15, 0.2) is 12.1 Å². The van der Waals surface area contributed by atoms with Gasteiger partial charge in [0.1, 0.15) is 5.82 Å². The Morgan fingerprint density at radius 3 is 2.58 bits per heavy atom. The fraction of sp³-hybridized carbons (Fsp3) is 0.667. The summed E-state index contributed by atoms with van der Waals surface area (Å²) in [7, 11) is 1.99. The average Bonchev–Trinajstić information content (AvgIpc) is 2.37. The van der Waals surface area contributed by atoms with E-state index in [2.05, 4.69) is 54.9 Å². The van der Waals surface area contributed by atoms with Crippen LogP contribution >= 0.6 is 11.8 Å². The van der Waals surface area contributed by atoms with Gasteiger partial charge in [-0.05, 0) is 31.2 Å². The van der Waals surface area contributed by atoms with E-state index in [0.717, 1.165) is 31.9 Å². The molecule has 0 spiro atoms. The number of pyridine rings is 1. The molecule has 1 saturated heterocycles. The third-order valence-corrected chi connectivity index (χ3v) is 4.64. The predicted octanol–water partition coefficient (Wildman–Crippen LogP) is 2.69. The molecular weight excluding hydrogens is 254 g/mol. The SMILES string of the molecule is CCc1cc(CNC)cc(N2CC(C)SC(C)C2)n1. The highest BCUT2D eigenvalue weighted by Crippen LogP contribution is 2.28. The van der Waals surface area contributed by atoms with E-state index in [1.165, 1.54) is 11.3 Å². The quantitative estimate of drug-likeness (QED) is 0.917. The maximum absolute atomic E-state index is 4.82. The maximum Gasteiger partial charge on any atom is 0.129 e. The van der Waals surface area contributed by atoms with E-state index in [1.807, 2.05) is 7.05 Å². The van der Waals surface area contributed by atoms with E-state index in [4.69, 9.17) is 4.98 Å². The Balaban J connectivity index is 2.24. The molecule has 2 unspecified atom stereocenters. The first kappa shape index (κ1) is 14.7. The van der Waals surface area contributed by atoms with Crippen LogP contribution in [0.4, 0.5) is 5.82 Å². The van der Waals surface area contributed by atoms with Gasteiger partial charge >= 0.3 is 0 Å². The van der Waals surface area contributed by atoms with Crippen LogP contribution in [0, 0.1) is 0 Å². The van der Waals surface area contributed by atoms with E-state index in [-0.39, 0.29) is 0 Å². The van der Waals surface area contributed by atoms with E-state index in [1.54, 1.807) is 0 Å². The van der Waals surface area contributed by atoms with Crippen molar-refractivity contribution in [2.45, 2.75) is 44.2 Å². The molecule has 1 aromatic heterocycles. The van der Waals surface area contributed by atoms with Gasteiger partial charge in [0.2, 0.25) is 0 Å². The van der Waals surface area contributed by atoms with Crippen LogP contribution in [0.2, 0.25) is 0 Å².